The van der Waals surface area contributed by atoms with Crippen molar-refractivity contribution in [2.24, 2.45) is 0 Å². The number of amides is 1. The highest BCUT2D eigenvalue weighted by molar-refractivity contribution is 6.00. The van der Waals surface area contributed by atoms with Gasteiger partial charge >= 0.3 is 0 Å². The first-order valence-electron chi connectivity index (χ1n) is 9.99. The number of hydrogen-bond donors (Lipinski definition) is 2. The van der Waals surface area contributed by atoms with E-state index in [1.54, 1.807) is 12.1 Å². The summed E-state index contributed by atoms with van der Waals surface area (Å²) >= 11 is 0. The summed E-state index contributed by atoms with van der Waals surface area (Å²) in [6.45, 7) is 3.34. The molecule has 3 heterocycles. The number of hydrogen-bond acceptors (Lipinski definition) is 4. The molecule has 1 amide bonds. The zero-order valence-corrected chi connectivity index (χ0v) is 16.3. The number of aryl methyl sites for hydroxylation is 1. The summed E-state index contributed by atoms with van der Waals surface area (Å²) in [7, 11) is 0. The molecule has 6 heteroatoms. The van der Waals surface area contributed by atoms with Gasteiger partial charge in [0.1, 0.15) is 17.1 Å². The predicted molar refractivity (Wildman–Crippen MR) is 109 cm³/mol. The van der Waals surface area contributed by atoms with Crippen LogP contribution in [-0.2, 0) is 4.74 Å². The molecule has 2 aromatic carbocycles. The average molecular weight is 389 g/mol. The average Bonchev–Trinajstić information content (AvgIpc) is 3.44. The molecule has 0 radical (unpaired) electrons. The van der Waals surface area contributed by atoms with Gasteiger partial charge in [0.2, 0.25) is 0 Å². The number of phenols is 1. The number of phenolic OH excluding ortho intramolecular Hbond substituents is 1. The van der Waals surface area contributed by atoms with Crippen molar-refractivity contribution in [3.05, 3.63) is 70.9 Å². The standard InChI is InChI=1S/C23H23N3O3/c1-14-8-10-15(11-9-14)22-19-20(17-6-2-3-7-18(17)27)24-25-21(19)23(28)26(22)13-16-5-4-12-29-16/h2-3,6-11,16,22,27H,4-5,12-13H2,1H3,(H,24,25). The molecule has 0 aliphatic carbocycles. The molecule has 1 saturated heterocycles. The highest BCUT2D eigenvalue weighted by atomic mass is 16.5. The number of aromatic nitrogens is 2. The van der Waals surface area contributed by atoms with Crippen molar-refractivity contribution in [3.63, 3.8) is 0 Å². The molecule has 2 aliphatic rings. The van der Waals surface area contributed by atoms with E-state index in [2.05, 4.69) is 34.5 Å². The fraction of sp³-hybridized carbons (Fsp3) is 0.304. The number of carbonyl (C=O) groups is 1. The van der Waals surface area contributed by atoms with E-state index >= 15 is 0 Å². The molecule has 29 heavy (non-hydrogen) atoms. The normalized spacial score (nSPS) is 21.0. The monoisotopic (exact) mass is 389 g/mol. The van der Waals surface area contributed by atoms with E-state index in [1.807, 2.05) is 24.0 Å². The van der Waals surface area contributed by atoms with E-state index in [0.29, 0.717) is 23.5 Å². The number of ether oxygens (including phenoxy) is 1. The largest absolute Gasteiger partial charge is 0.507 e. The first-order valence-corrected chi connectivity index (χ1v) is 9.99. The Hall–Kier alpha value is -3.12. The number of para-hydroxylation sites is 1. The SMILES string of the molecule is Cc1ccc(C2c3c(-c4ccccc4O)n[nH]c3C(=O)N2CC2CCCO2)cc1. The third-order valence-corrected chi connectivity index (χ3v) is 5.84. The summed E-state index contributed by atoms with van der Waals surface area (Å²) in [5, 5.41) is 17.7. The van der Waals surface area contributed by atoms with E-state index in [0.717, 1.165) is 36.1 Å². The Morgan fingerprint density at radius 1 is 1.21 bits per heavy atom. The maximum absolute atomic E-state index is 13.3. The lowest BCUT2D eigenvalue weighted by Crippen LogP contribution is -2.36. The van der Waals surface area contributed by atoms with Crippen molar-refractivity contribution < 1.29 is 14.6 Å². The van der Waals surface area contributed by atoms with Crippen LogP contribution in [-0.4, -0.2) is 45.4 Å². The van der Waals surface area contributed by atoms with Gasteiger partial charge < -0.3 is 14.7 Å². The van der Waals surface area contributed by atoms with Crippen LogP contribution in [0.15, 0.2) is 48.5 Å². The van der Waals surface area contributed by atoms with Gasteiger partial charge in [-0.05, 0) is 37.5 Å². The van der Waals surface area contributed by atoms with Gasteiger partial charge in [0.25, 0.3) is 5.91 Å². The molecule has 2 atom stereocenters. The summed E-state index contributed by atoms with van der Waals surface area (Å²) in [6.07, 6.45) is 2.04. The van der Waals surface area contributed by atoms with Gasteiger partial charge in [-0.25, -0.2) is 0 Å². The number of fused-ring (bicyclic) bond motifs is 1. The van der Waals surface area contributed by atoms with Crippen molar-refractivity contribution >= 4 is 5.91 Å². The number of benzene rings is 2. The quantitative estimate of drug-likeness (QED) is 0.711. The van der Waals surface area contributed by atoms with E-state index in [4.69, 9.17) is 4.74 Å². The molecule has 0 saturated carbocycles. The maximum atomic E-state index is 13.3. The lowest BCUT2D eigenvalue weighted by Gasteiger charge is -2.28. The summed E-state index contributed by atoms with van der Waals surface area (Å²) in [4.78, 5) is 15.2. The summed E-state index contributed by atoms with van der Waals surface area (Å²) in [5.41, 5.74) is 4.74. The molecule has 6 nitrogen and oxygen atoms in total. The van der Waals surface area contributed by atoms with Gasteiger partial charge in [-0.2, -0.15) is 5.10 Å². The molecule has 0 spiro atoms. The lowest BCUT2D eigenvalue weighted by atomic mass is 9.95. The number of carbonyl (C=O) groups excluding carboxylic acids is 1. The Balaban J connectivity index is 1.64. The number of nitrogens with zero attached hydrogens (tertiary/aromatic N) is 2. The molecule has 2 N–H and O–H groups in total. The second-order valence-electron chi connectivity index (χ2n) is 7.78. The molecule has 3 aromatic rings. The van der Waals surface area contributed by atoms with Crippen molar-refractivity contribution in [2.75, 3.05) is 13.2 Å². The zero-order valence-electron chi connectivity index (χ0n) is 16.3. The van der Waals surface area contributed by atoms with Crippen LogP contribution in [0.4, 0.5) is 0 Å². The molecule has 0 bridgehead atoms. The van der Waals surface area contributed by atoms with Crippen LogP contribution in [0.25, 0.3) is 11.3 Å². The fourth-order valence-electron chi connectivity index (χ4n) is 4.37. The molecule has 2 unspecified atom stereocenters. The molecule has 2 aliphatic heterocycles. The number of aromatic amines is 1. The minimum absolute atomic E-state index is 0.0532. The van der Waals surface area contributed by atoms with Gasteiger partial charge in [0.05, 0.1) is 12.1 Å². The molecule has 5 rings (SSSR count). The molecular weight excluding hydrogens is 366 g/mol. The third-order valence-electron chi connectivity index (χ3n) is 5.84. The number of aromatic hydroxyl groups is 1. The second-order valence-corrected chi connectivity index (χ2v) is 7.78. The summed E-state index contributed by atoms with van der Waals surface area (Å²) in [5.74, 6) is 0.0738. The van der Waals surface area contributed by atoms with Crippen LogP contribution in [0, 0.1) is 6.92 Å². The molecule has 1 aromatic heterocycles. The molecular formula is C23H23N3O3. The second kappa shape index (κ2) is 7.04. The number of nitrogens with one attached hydrogen (secondary N) is 1. The fourth-order valence-corrected chi connectivity index (χ4v) is 4.37. The minimum Gasteiger partial charge on any atom is -0.507 e. The first kappa shape index (κ1) is 17.9. The summed E-state index contributed by atoms with van der Waals surface area (Å²) < 4.78 is 5.82. The zero-order chi connectivity index (χ0) is 20.0. The van der Waals surface area contributed by atoms with Gasteiger partial charge in [0.15, 0.2) is 0 Å². The van der Waals surface area contributed by atoms with Crippen molar-refractivity contribution in [1.82, 2.24) is 15.1 Å². The topological polar surface area (TPSA) is 78.5 Å². The number of rotatable bonds is 4. The Labute approximate surface area is 169 Å². The van der Waals surface area contributed by atoms with E-state index in [-0.39, 0.29) is 23.8 Å². The highest BCUT2D eigenvalue weighted by Gasteiger charge is 2.43. The van der Waals surface area contributed by atoms with Gasteiger partial charge in [0, 0.05) is 24.3 Å². The van der Waals surface area contributed by atoms with Crippen molar-refractivity contribution in [1.29, 1.82) is 0 Å². The predicted octanol–water partition coefficient (Wildman–Crippen LogP) is 3.81. The van der Waals surface area contributed by atoms with Crippen LogP contribution in [0.1, 0.15) is 46.1 Å². The lowest BCUT2D eigenvalue weighted by molar-refractivity contribution is 0.0495. The third kappa shape index (κ3) is 3.00. The van der Waals surface area contributed by atoms with Gasteiger partial charge in [-0.3, -0.25) is 9.89 Å². The smallest absolute Gasteiger partial charge is 0.273 e. The van der Waals surface area contributed by atoms with Gasteiger partial charge in [-0.15, -0.1) is 0 Å². The Morgan fingerprint density at radius 3 is 2.72 bits per heavy atom. The van der Waals surface area contributed by atoms with E-state index < -0.39 is 0 Å². The van der Waals surface area contributed by atoms with Gasteiger partial charge in [-0.1, -0.05) is 42.0 Å². The Kier molecular flexibility index (Phi) is 4.36. The Bertz CT molecular complexity index is 1050. The summed E-state index contributed by atoms with van der Waals surface area (Å²) in [6, 6.07) is 15.1. The maximum Gasteiger partial charge on any atom is 0.273 e. The van der Waals surface area contributed by atoms with Crippen LogP contribution >= 0.6 is 0 Å². The van der Waals surface area contributed by atoms with Crippen LogP contribution in [0.3, 0.4) is 0 Å². The van der Waals surface area contributed by atoms with Crippen LogP contribution < -0.4 is 0 Å². The molecule has 148 valence electrons. The van der Waals surface area contributed by atoms with Crippen molar-refractivity contribution in [2.45, 2.75) is 31.9 Å². The Morgan fingerprint density at radius 2 is 2.00 bits per heavy atom. The van der Waals surface area contributed by atoms with Crippen LogP contribution in [0.2, 0.25) is 0 Å². The van der Waals surface area contributed by atoms with E-state index in [1.165, 1.54) is 0 Å². The van der Waals surface area contributed by atoms with Crippen LogP contribution in [0.5, 0.6) is 5.75 Å². The first-order chi connectivity index (χ1) is 14.1. The minimum atomic E-state index is -0.268. The number of H-pyrrole nitrogens is 1. The molecule has 1 fully saturated rings. The van der Waals surface area contributed by atoms with Crippen molar-refractivity contribution in [3.8, 4) is 17.0 Å². The van der Waals surface area contributed by atoms with E-state index in [9.17, 15) is 9.90 Å². The highest BCUT2D eigenvalue weighted by Crippen LogP contribution is 2.44.